The molecule has 0 amide bonds. The Labute approximate surface area is 124 Å². The lowest BCUT2D eigenvalue weighted by atomic mass is 9.81. The van der Waals surface area contributed by atoms with Crippen LogP contribution in [0.2, 0.25) is 0 Å². The second-order valence-corrected chi connectivity index (χ2v) is 5.74. The summed E-state index contributed by atoms with van der Waals surface area (Å²) in [7, 11) is 0. The highest BCUT2D eigenvalue weighted by molar-refractivity contribution is 5.21. The zero-order valence-corrected chi connectivity index (χ0v) is 13.1. The van der Waals surface area contributed by atoms with Gasteiger partial charge in [-0.1, -0.05) is 57.0 Å². The highest BCUT2D eigenvalue weighted by Gasteiger charge is 2.26. The number of likely N-dealkylation sites (N-methyl/N-ethyl adjacent to an activating group) is 1. The van der Waals surface area contributed by atoms with E-state index in [0.717, 1.165) is 26.2 Å². The van der Waals surface area contributed by atoms with E-state index in [9.17, 15) is 0 Å². The molecule has 1 saturated carbocycles. The summed E-state index contributed by atoms with van der Waals surface area (Å²) in [5.74, 6) is 0.599. The summed E-state index contributed by atoms with van der Waals surface area (Å²) in [4.78, 5) is 2.43. The van der Waals surface area contributed by atoms with Gasteiger partial charge < -0.3 is 9.64 Å². The SMILES string of the molecule is CCN(CC)CCO[C@H]1CCCC[C@@H]1c1ccccc1. The normalized spacial score (nSPS) is 23.1. The van der Waals surface area contributed by atoms with E-state index in [0.29, 0.717) is 12.0 Å². The molecule has 1 aliphatic carbocycles. The fraction of sp³-hybridized carbons (Fsp3) is 0.667. The zero-order chi connectivity index (χ0) is 14.2. The molecule has 0 aromatic heterocycles. The number of benzene rings is 1. The van der Waals surface area contributed by atoms with Gasteiger partial charge in [-0.05, 0) is 31.5 Å². The van der Waals surface area contributed by atoms with Gasteiger partial charge in [0, 0.05) is 12.5 Å². The third kappa shape index (κ3) is 4.32. The molecular formula is C18H29NO. The Bertz CT molecular complexity index is 361. The standard InChI is InChI=1S/C18H29NO/c1-3-19(4-2)14-15-20-18-13-9-8-12-17(18)16-10-6-5-7-11-16/h5-7,10-11,17-18H,3-4,8-9,12-15H2,1-2H3/t17-,18+/m1/s1. The average Bonchev–Trinajstić information content (AvgIpc) is 2.53. The zero-order valence-electron chi connectivity index (χ0n) is 13.1. The maximum absolute atomic E-state index is 6.24. The molecule has 1 aromatic rings. The topological polar surface area (TPSA) is 12.5 Å². The van der Waals surface area contributed by atoms with Crippen molar-refractivity contribution in [3.8, 4) is 0 Å². The molecule has 0 bridgehead atoms. The number of rotatable bonds is 7. The highest BCUT2D eigenvalue weighted by Crippen LogP contribution is 2.34. The molecule has 0 N–H and O–H groups in total. The molecule has 1 fully saturated rings. The van der Waals surface area contributed by atoms with Gasteiger partial charge in [-0.25, -0.2) is 0 Å². The maximum atomic E-state index is 6.24. The van der Waals surface area contributed by atoms with Crippen molar-refractivity contribution in [3.05, 3.63) is 35.9 Å². The van der Waals surface area contributed by atoms with Crippen molar-refractivity contribution < 1.29 is 4.74 Å². The largest absolute Gasteiger partial charge is 0.376 e. The predicted octanol–water partition coefficient (Wildman–Crippen LogP) is 4.07. The van der Waals surface area contributed by atoms with Crippen LogP contribution in [0.25, 0.3) is 0 Å². The second kappa shape index (κ2) is 8.43. The number of nitrogens with zero attached hydrogens (tertiary/aromatic N) is 1. The Balaban J connectivity index is 1.87. The van der Waals surface area contributed by atoms with E-state index in [-0.39, 0.29) is 0 Å². The summed E-state index contributed by atoms with van der Waals surface area (Å²) < 4.78 is 6.24. The first-order chi connectivity index (χ1) is 9.85. The van der Waals surface area contributed by atoms with E-state index in [2.05, 4.69) is 49.1 Å². The van der Waals surface area contributed by atoms with Crippen molar-refractivity contribution in [2.75, 3.05) is 26.2 Å². The van der Waals surface area contributed by atoms with Crippen LogP contribution in [0, 0.1) is 0 Å². The lowest BCUT2D eigenvalue weighted by Gasteiger charge is -2.32. The molecule has 0 saturated heterocycles. The molecule has 0 unspecified atom stereocenters. The van der Waals surface area contributed by atoms with E-state index < -0.39 is 0 Å². The summed E-state index contributed by atoms with van der Waals surface area (Å²) in [6.07, 6.45) is 5.58. The fourth-order valence-electron chi connectivity index (χ4n) is 3.25. The lowest BCUT2D eigenvalue weighted by molar-refractivity contribution is 0.00350. The molecule has 2 heteroatoms. The second-order valence-electron chi connectivity index (χ2n) is 5.74. The molecule has 2 atom stereocenters. The summed E-state index contributed by atoms with van der Waals surface area (Å²) >= 11 is 0. The Hall–Kier alpha value is -0.860. The van der Waals surface area contributed by atoms with Crippen LogP contribution in [0.1, 0.15) is 51.0 Å². The van der Waals surface area contributed by atoms with Crippen molar-refractivity contribution in [2.45, 2.75) is 51.6 Å². The summed E-state index contributed by atoms with van der Waals surface area (Å²) in [6.45, 7) is 8.60. The Morgan fingerprint density at radius 2 is 1.75 bits per heavy atom. The van der Waals surface area contributed by atoms with Gasteiger partial charge in [-0.15, -0.1) is 0 Å². The molecule has 0 aliphatic heterocycles. The first kappa shape index (κ1) is 15.5. The Kier molecular flexibility index (Phi) is 6.55. The lowest BCUT2D eigenvalue weighted by Crippen LogP contribution is -2.32. The predicted molar refractivity (Wildman–Crippen MR) is 85.2 cm³/mol. The average molecular weight is 275 g/mol. The van der Waals surface area contributed by atoms with E-state index in [1.54, 1.807) is 0 Å². The van der Waals surface area contributed by atoms with Gasteiger partial charge in [0.25, 0.3) is 0 Å². The van der Waals surface area contributed by atoms with Gasteiger partial charge in [0.2, 0.25) is 0 Å². The van der Waals surface area contributed by atoms with Crippen LogP contribution in [0.3, 0.4) is 0 Å². The Morgan fingerprint density at radius 3 is 2.45 bits per heavy atom. The van der Waals surface area contributed by atoms with Gasteiger partial charge >= 0.3 is 0 Å². The summed E-state index contributed by atoms with van der Waals surface area (Å²) in [6, 6.07) is 10.9. The van der Waals surface area contributed by atoms with E-state index >= 15 is 0 Å². The monoisotopic (exact) mass is 275 g/mol. The first-order valence-corrected chi connectivity index (χ1v) is 8.24. The molecule has 2 nitrogen and oxygen atoms in total. The van der Waals surface area contributed by atoms with Crippen LogP contribution in [0.15, 0.2) is 30.3 Å². The number of ether oxygens (including phenoxy) is 1. The fourth-order valence-corrected chi connectivity index (χ4v) is 3.25. The van der Waals surface area contributed by atoms with Gasteiger partial charge in [-0.2, -0.15) is 0 Å². The Morgan fingerprint density at radius 1 is 1.05 bits per heavy atom. The summed E-state index contributed by atoms with van der Waals surface area (Å²) in [5, 5.41) is 0. The minimum atomic E-state index is 0.418. The maximum Gasteiger partial charge on any atom is 0.0644 e. The van der Waals surface area contributed by atoms with Crippen LogP contribution in [0.4, 0.5) is 0 Å². The molecule has 20 heavy (non-hydrogen) atoms. The molecule has 0 radical (unpaired) electrons. The van der Waals surface area contributed by atoms with Crippen LogP contribution in [0.5, 0.6) is 0 Å². The van der Waals surface area contributed by atoms with Gasteiger partial charge in [0.15, 0.2) is 0 Å². The summed E-state index contributed by atoms with van der Waals surface area (Å²) in [5.41, 5.74) is 1.46. The van der Waals surface area contributed by atoms with Crippen molar-refractivity contribution >= 4 is 0 Å². The molecule has 1 aliphatic rings. The smallest absolute Gasteiger partial charge is 0.0644 e. The van der Waals surface area contributed by atoms with E-state index in [4.69, 9.17) is 4.74 Å². The quantitative estimate of drug-likeness (QED) is 0.743. The molecule has 112 valence electrons. The van der Waals surface area contributed by atoms with Crippen LogP contribution >= 0.6 is 0 Å². The minimum absolute atomic E-state index is 0.418. The molecule has 1 aromatic carbocycles. The molecule has 2 rings (SSSR count). The van der Waals surface area contributed by atoms with Crippen LogP contribution < -0.4 is 0 Å². The van der Waals surface area contributed by atoms with Crippen molar-refractivity contribution in [1.82, 2.24) is 4.90 Å². The first-order valence-electron chi connectivity index (χ1n) is 8.24. The van der Waals surface area contributed by atoms with Crippen molar-refractivity contribution in [3.63, 3.8) is 0 Å². The minimum Gasteiger partial charge on any atom is -0.376 e. The highest BCUT2D eigenvalue weighted by atomic mass is 16.5. The van der Waals surface area contributed by atoms with Crippen LogP contribution in [-0.2, 0) is 4.74 Å². The third-order valence-corrected chi connectivity index (χ3v) is 4.56. The van der Waals surface area contributed by atoms with E-state index in [1.807, 2.05) is 0 Å². The van der Waals surface area contributed by atoms with Crippen molar-refractivity contribution in [1.29, 1.82) is 0 Å². The number of hydrogen-bond acceptors (Lipinski definition) is 2. The molecule has 0 spiro atoms. The van der Waals surface area contributed by atoms with Gasteiger partial charge in [0.1, 0.15) is 0 Å². The third-order valence-electron chi connectivity index (χ3n) is 4.56. The molecule has 0 heterocycles. The van der Waals surface area contributed by atoms with Gasteiger partial charge in [0.05, 0.1) is 12.7 Å². The van der Waals surface area contributed by atoms with Crippen LogP contribution in [-0.4, -0.2) is 37.2 Å². The van der Waals surface area contributed by atoms with Gasteiger partial charge in [-0.3, -0.25) is 0 Å². The van der Waals surface area contributed by atoms with E-state index in [1.165, 1.54) is 31.2 Å². The molecular weight excluding hydrogens is 246 g/mol. The van der Waals surface area contributed by atoms with Crippen molar-refractivity contribution in [2.24, 2.45) is 0 Å². The number of hydrogen-bond donors (Lipinski definition) is 0.